The molecular formula is C22H27N5. The molecule has 1 aliphatic carbocycles. The molecule has 5 nitrogen and oxygen atoms in total. The van der Waals surface area contributed by atoms with Crippen LogP contribution in [-0.2, 0) is 6.54 Å². The minimum Gasteiger partial charge on any atom is -0.382 e. The maximum atomic E-state index is 6.29. The maximum absolute atomic E-state index is 6.29. The van der Waals surface area contributed by atoms with Crippen molar-refractivity contribution >= 4 is 27.8 Å². The molecule has 1 saturated carbocycles. The number of hydrogen-bond acceptors (Lipinski definition) is 4. The van der Waals surface area contributed by atoms with Gasteiger partial charge in [0.25, 0.3) is 0 Å². The number of hydrogen-bond donors (Lipinski definition) is 2. The number of aromatic nitrogens is 3. The maximum Gasteiger partial charge on any atom is 0.150 e. The predicted octanol–water partition coefficient (Wildman–Crippen LogP) is 4.85. The number of imidazole rings is 1. The third-order valence-corrected chi connectivity index (χ3v) is 6.28. The molecule has 0 bridgehead atoms. The van der Waals surface area contributed by atoms with Crippen LogP contribution in [0.4, 0.5) is 5.82 Å². The van der Waals surface area contributed by atoms with Crippen LogP contribution < -0.4 is 5.73 Å². The summed E-state index contributed by atoms with van der Waals surface area (Å²) < 4.78 is 0. The minimum absolute atomic E-state index is 0.539. The van der Waals surface area contributed by atoms with Gasteiger partial charge in [0.1, 0.15) is 22.7 Å². The number of nitrogen functional groups attached to an aromatic ring is 1. The zero-order chi connectivity index (χ0) is 18.4. The molecule has 3 heterocycles. The van der Waals surface area contributed by atoms with E-state index in [1.807, 2.05) is 0 Å². The van der Waals surface area contributed by atoms with Crippen molar-refractivity contribution in [1.29, 1.82) is 0 Å². The standard InChI is InChI=1S/C22H27N5/c1-14-6-5-11-27(14)13-19-25-20-17-10-9-16(15-7-3-2-4-8-15)12-18(17)24-22(23)21(20)26-19/h9-10,12,15H,1-8,11,13H2,(H2,23,24)(H,25,26). The third kappa shape index (κ3) is 2.95. The van der Waals surface area contributed by atoms with Crippen molar-refractivity contribution in [2.45, 2.75) is 57.4 Å². The highest BCUT2D eigenvalue weighted by molar-refractivity contribution is 6.06. The Hall–Kier alpha value is -2.56. The summed E-state index contributed by atoms with van der Waals surface area (Å²) >= 11 is 0. The van der Waals surface area contributed by atoms with Crippen molar-refractivity contribution in [3.05, 3.63) is 41.9 Å². The molecule has 3 aromatic rings. The van der Waals surface area contributed by atoms with Crippen molar-refractivity contribution < 1.29 is 0 Å². The fraction of sp³-hybridized carbons (Fsp3) is 0.455. The largest absolute Gasteiger partial charge is 0.382 e. The molecule has 2 fully saturated rings. The van der Waals surface area contributed by atoms with Crippen LogP contribution in [0.3, 0.4) is 0 Å². The number of nitrogens with zero attached hydrogens (tertiary/aromatic N) is 3. The van der Waals surface area contributed by atoms with Gasteiger partial charge >= 0.3 is 0 Å². The van der Waals surface area contributed by atoms with Crippen LogP contribution in [0.1, 0.15) is 62.3 Å². The number of benzene rings is 1. The Balaban J connectivity index is 1.54. The molecule has 140 valence electrons. The van der Waals surface area contributed by atoms with Gasteiger partial charge < -0.3 is 15.6 Å². The minimum atomic E-state index is 0.539. The monoisotopic (exact) mass is 361 g/mol. The molecule has 3 N–H and O–H groups in total. The van der Waals surface area contributed by atoms with Gasteiger partial charge in [-0.2, -0.15) is 0 Å². The van der Waals surface area contributed by atoms with Gasteiger partial charge in [-0.05, 0) is 43.2 Å². The lowest BCUT2D eigenvalue weighted by Gasteiger charge is -2.22. The molecule has 5 heteroatoms. The lowest BCUT2D eigenvalue weighted by molar-refractivity contribution is 0.378. The lowest BCUT2D eigenvalue weighted by atomic mass is 9.84. The van der Waals surface area contributed by atoms with Gasteiger partial charge in [0, 0.05) is 17.6 Å². The first-order chi connectivity index (χ1) is 13.2. The highest BCUT2D eigenvalue weighted by Crippen LogP contribution is 2.35. The van der Waals surface area contributed by atoms with E-state index in [0.717, 1.165) is 47.3 Å². The summed E-state index contributed by atoms with van der Waals surface area (Å²) in [4.78, 5) is 15.3. The average Bonchev–Trinajstić information content (AvgIpc) is 3.29. The lowest BCUT2D eigenvalue weighted by Crippen LogP contribution is -2.17. The van der Waals surface area contributed by atoms with Crippen LogP contribution in [0, 0.1) is 0 Å². The predicted molar refractivity (Wildman–Crippen MR) is 110 cm³/mol. The summed E-state index contributed by atoms with van der Waals surface area (Å²) in [5, 5.41) is 1.08. The second kappa shape index (κ2) is 6.55. The quantitative estimate of drug-likeness (QED) is 0.699. The number of nitrogens with two attached hydrogens (primary N) is 1. The van der Waals surface area contributed by atoms with Crippen LogP contribution in [-0.4, -0.2) is 26.4 Å². The first kappa shape index (κ1) is 16.6. The number of fused-ring (bicyclic) bond motifs is 3. The molecule has 5 rings (SSSR count). The Kier molecular flexibility index (Phi) is 4.03. The molecule has 0 spiro atoms. The zero-order valence-electron chi connectivity index (χ0n) is 15.8. The summed E-state index contributed by atoms with van der Waals surface area (Å²) in [5.74, 6) is 2.14. The molecule has 0 radical (unpaired) electrons. The molecular weight excluding hydrogens is 334 g/mol. The van der Waals surface area contributed by atoms with Crippen molar-refractivity contribution in [3.63, 3.8) is 0 Å². The Morgan fingerprint density at radius 2 is 2.00 bits per heavy atom. The number of allylic oxidation sites excluding steroid dienone is 1. The number of nitrogens with one attached hydrogen (secondary N) is 1. The number of aromatic amines is 1. The SMILES string of the molecule is C=C1CCCN1Cc1nc2c([nH]1)c(N)nc1cc(C3CCCCC3)ccc12. The van der Waals surface area contributed by atoms with E-state index >= 15 is 0 Å². The molecule has 2 aliphatic rings. The third-order valence-electron chi connectivity index (χ3n) is 6.28. The van der Waals surface area contributed by atoms with E-state index in [-0.39, 0.29) is 0 Å². The molecule has 1 aliphatic heterocycles. The average molecular weight is 361 g/mol. The van der Waals surface area contributed by atoms with Gasteiger partial charge in [-0.3, -0.25) is 0 Å². The number of rotatable bonds is 3. The normalized spacial score (nSPS) is 18.8. The zero-order valence-corrected chi connectivity index (χ0v) is 15.8. The topological polar surface area (TPSA) is 70.8 Å². The van der Waals surface area contributed by atoms with Crippen molar-refractivity contribution in [2.75, 3.05) is 12.3 Å². The van der Waals surface area contributed by atoms with Crippen LogP contribution in [0.25, 0.3) is 21.9 Å². The first-order valence-corrected chi connectivity index (χ1v) is 10.2. The molecule has 0 atom stereocenters. The van der Waals surface area contributed by atoms with E-state index in [2.05, 4.69) is 34.7 Å². The second-order valence-electron chi connectivity index (χ2n) is 8.11. The van der Waals surface area contributed by atoms with E-state index in [4.69, 9.17) is 15.7 Å². The van der Waals surface area contributed by atoms with Crippen LogP contribution in [0.5, 0.6) is 0 Å². The van der Waals surface area contributed by atoms with Crippen LogP contribution >= 0.6 is 0 Å². The van der Waals surface area contributed by atoms with Gasteiger partial charge in [0.2, 0.25) is 0 Å². The molecule has 0 unspecified atom stereocenters. The summed E-state index contributed by atoms with van der Waals surface area (Å²) in [6, 6.07) is 6.69. The molecule has 1 saturated heterocycles. The second-order valence-corrected chi connectivity index (χ2v) is 8.11. The number of anilines is 1. The number of likely N-dealkylation sites (tertiary alicyclic amines) is 1. The van der Waals surface area contributed by atoms with Gasteiger partial charge in [-0.25, -0.2) is 9.97 Å². The van der Waals surface area contributed by atoms with Gasteiger partial charge in [0.15, 0.2) is 0 Å². The Morgan fingerprint density at radius 1 is 1.15 bits per heavy atom. The Labute approximate surface area is 159 Å². The van der Waals surface area contributed by atoms with Gasteiger partial charge in [-0.15, -0.1) is 0 Å². The summed E-state index contributed by atoms with van der Waals surface area (Å²) in [6.45, 7) is 5.96. The van der Waals surface area contributed by atoms with Gasteiger partial charge in [-0.1, -0.05) is 38.0 Å². The fourth-order valence-electron chi connectivity index (χ4n) is 4.76. The molecule has 27 heavy (non-hydrogen) atoms. The number of H-pyrrole nitrogens is 1. The van der Waals surface area contributed by atoms with Gasteiger partial charge in [0.05, 0.1) is 12.1 Å². The Morgan fingerprint density at radius 3 is 2.78 bits per heavy atom. The van der Waals surface area contributed by atoms with E-state index in [1.54, 1.807) is 0 Å². The molecule has 1 aromatic carbocycles. The van der Waals surface area contributed by atoms with Crippen LogP contribution in [0.15, 0.2) is 30.5 Å². The summed E-state index contributed by atoms with van der Waals surface area (Å²) in [7, 11) is 0. The molecule has 0 amide bonds. The highest BCUT2D eigenvalue weighted by Gasteiger charge is 2.20. The molecule has 2 aromatic heterocycles. The van der Waals surface area contributed by atoms with Crippen molar-refractivity contribution in [1.82, 2.24) is 19.9 Å². The highest BCUT2D eigenvalue weighted by atomic mass is 15.2. The fourth-order valence-corrected chi connectivity index (χ4v) is 4.76. The van der Waals surface area contributed by atoms with Crippen molar-refractivity contribution in [2.24, 2.45) is 0 Å². The smallest absolute Gasteiger partial charge is 0.150 e. The Bertz CT molecular complexity index is 1010. The van der Waals surface area contributed by atoms with Crippen LogP contribution in [0.2, 0.25) is 0 Å². The summed E-state index contributed by atoms with van der Waals surface area (Å²) in [6.07, 6.45) is 8.87. The van der Waals surface area contributed by atoms with E-state index in [1.165, 1.54) is 49.8 Å². The first-order valence-electron chi connectivity index (χ1n) is 10.2. The number of pyridine rings is 1. The van der Waals surface area contributed by atoms with E-state index < -0.39 is 0 Å². The van der Waals surface area contributed by atoms with Crippen molar-refractivity contribution in [3.8, 4) is 0 Å². The summed E-state index contributed by atoms with van der Waals surface area (Å²) in [5.41, 5.74) is 11.6. The van der Waals surface area contributed by atoms with E-state index in [0.29, 0.717) is 11.7 Å². The van der Waals surface area contributed by atoms with E-state index in [9.17, 15) is 0 Å².